The summed E-state index contributed by atoms with van der Waals surface area (Å²) in [5, 5.41) is 9.26. The molecule has 0 radical (unpaired) electrons. The Morgan fingerprint density at radius 1 is 0.943 bits per heavy atom. The molecule has 2 heterocycles. The van der Waals surface area contributed by atoms with Gasteiger partial charge in [-0.2, -0.15) is 0 Å². The van der Waals surface area contributed by atoms with E-state index in [2.05, 4.69) is 10.6 Å². The Morgan fingerprint density at radius 2 is 1.69 bits per heavy atom. The summed E-state index contributed by atoms with van der Waals surface area (Å²) in [4.78, 5) is 13.7. The van der Waals surface area contributed by atoms with Crippen molar-refractivity contribution in [3.63, 3.8) is 0 Å². The predicted octanol–water partition coefficient (Wildman–Crippen LogP) is 7.23. The lowest BCUT2D eigenvalue weighted by molar-refractivity contribution is 0.0603. The number of ether oxygens (including phenoxy) is 2. The fourth-order valence-electron chi connectivity index (χ4n) is 4.16. The maximum atomic E-state index is 12.8. The molecule has 0 saturated heterocycles. The number of nitrogens with one attached hydrogen (secondary N) is 2. The van der Waals surface area contributed by atoms with Crippen molar-refractivity contribution in [2.45, 2.75) is 6.92 Å². The first-order chi connectivity index (χ1) is 17.0. The van der Waals surface area contributed by atoms with E-state index in [1.165, 1.54) is 18.4 Å². The zero-order valence-corrected chi connectivity index (χ0v) is 20.9. The Hall–Kier alpha value is -3.88. The van der Waals surface area contributed by atoms with Crippen molar-refractivity contribution >= 4 is 67.3 Å². The van der Waals surface area contributed by atoms with Crippen molar-refractivity contribution in [2.75, 3.05) is 24.9 Å². The summed E-state index contributed by atoms with van der Waals surface area (Å²) in [7, 11) is 2.98. The van der Waals surface area contributed by atoms with Crippen LogP contribution in [0.1, 0.15) is 15.2 Å². The standard InChI is InChI=1S/C27H22N2O4S2/c1-15-23(16-9-5-4-6-10-16)24(26(30)32-3)25(35-15)29-27(34)28-19-14-21-18(13-22(19)31-2)17-11-7-8-12-20(17)33-21/h4-14H,1-3H3,(H2,28,29,34). The number of methoxy groups -OCH3 is 2. The number of thiophene rings is 1. The number of hydrogen-bond acceptors (Lipinski definition) is 6. The smallest absolute Gasteiger partial charge is 0.341 e. The number of anilines is 2. The molecule has 3 aromatic carbocycles. The van der Waals surface area contributed by atoms with E-state index in [9.17, 15) is 4.79 Å². The highest BCUT2D eigenvalue weighted by atomic mass is 32.1. The minimum Gasteiger partial charge on any atom is -0.495 e. The van der Waals surface area contributed by atoms with Crippen molar-refractivity contribution in [3.05, 3.63) is 77.2 Å². The number of carbonyl (C=O) groups excluding carboxylic acids is 1. The van der Waals surface area contributed by atoms with Crippen LogP contribution in [0.4, 0.5) is 10.7 Å². The van der Waals surface area contributed by atoms with Gasteiger partial charge in [-0.25, -0.2) is 4.79 Å². The molecule has 2 aromatic heterocycles. The molecule has 0 atom stereocenters. The second-order valence-electron chi connectivity index (χ2n) is 7.82. The maximum Gasteiger partial charge on any atom is 0.341 e. The SMILES string of the molecule is COC(=O)c1c(NC(=S)Nc2cc3oc4ccccc4c3cc2OC)sc(C)c1-c1ccccc1. The molecule has 0 unspecified atom stereocenters. The lowest BCUT2D eigenvalue weighted by Gasteiger charge is -2.14. The highest BCUT2D eigenvalue weighted by molar-refractivity contribution is 7.80. The van der Waals surface area contributed by atoms with Crippen molar-refractivity contribution in [1.29, 1.82) is 0 Å². The van der Waals surface area contributed by atoms with Gasteiger partial charge in [-0.05, 0) is 36.8 Å². The van der Waals surface area contributed by atoms with E-state index in [0.29, 0.717) is 32.7 Å². The zero-order chi connectivity index (χ0) is 24.5. The average molecular weight is 503 g/mol. The highest BCUT2D eigenvalue weighted by Gasteiger charge is 2.24. The molecule has 35 heavy (non-hydrogen) atoms. The van der Waals surface area contributed by atoms with Crippen LogP contribution in [0.25, 0.3) is 33.1 Å². The normalized spacial score (nSPS) is 10.9. The number of para-hydroxylation sites is 1. The minimum absolute atomic E-state index is 0.310. The van der Waals surface area contributed by atoms with Crippen LogP contribution in [0.3, 0.4) is 0 Å². The van der Waals surface area contributed by atoms with Crippen LogP contribution in [-0.4, -0.2) is 25.3 Å². The lowest BCUT2D eigenvalue weighted by Crippen LogP contribution is -2.20. The van der Waals surface area contributed by atoms with Crippen LogP contribution in [0.2, 0.25) is 0 Å². The molecule has 6 nitrogen and oxygen atoms in total. The fraction of sp³-hybridized carbons (Fsp3) is 0.111. The van der Waals surface area contributed by atoms with Crippen molar-refractivity contribution < 1.29 is 18.7 Å². The molecule has 0 aliphatic heterocycles. The first kappa shape index (κ1) is 22.9. The topological polar surface area (TPSA) is 72.7 Å². The van der Waals surface area contributed by atoms with Gasteiger partial charge < -0.3 is 24.5 Å². The van der Waals surface area contributed by atoms with Crippen LogP contribution in [0.5, 0.6) is 5.75 Å². The van der Waals surface area contributed by atoms with Crippen LogP contribution in [0, 0.1) is 6.92 Å². The van der Waals surface area contributed by atoms with Gasteiger partial charge in [0, 0.05) is 27.3 Å². The predicted molar refractivity (Wildman–Crippen MR) is 146 cm³/mol. The number of hydrogen-bond donors (Lipinski definition) is 2. The monoisotopic (exact) mass is 502 g/mol. The molecule has 0 amide bonds. The van der Waals surface area contributed by atoms with Gasteiger partial charge in [-0.3, -0.25) is 0 Å². The molecule has 176 valence electrons. The molecule has 5 rings (SSSR count). The Labute approximate surface area is 211 Å². The van der Waals surface area contributed by atoms with Gasteiger partial charge >= 0.3 is 5.97 Å². The first-order valence-electron chi connectivity index (χ1n) is 10.8. The van der Waals surface area contributed by atoms with Gasteiger partial charge in [0.1, 0.15) is 27.5 Å². The second kappa shape index (κ2) is 9.40. The largest absolute Gasteiger partial charge is 0.495 e. The summed E-state index contributed by atoms with van der Waals surface area (Å²) in [5.41, 5.74) is 4.37. The van der Waals surface area contributed by atoms with Gasteiger partial charge in [-0.1, -0.05) is 48.5 Å². The van der Waals surface area contributed by atoms with Crippen LogP contribution < -0.4 is 15.4 Å². The Kier molecular flexibility index (Phi) is 6.15. The summed E-state index contributed by atoms with van der Waals surface area (Å²) in [6.45, 7) is 1.97. The molecule has 0 aliphatic rings. The molecule has 0 aliphatic carbocycles. The molecular weight excluding hydrogens is 480 g/mol. The number of thiocarbonyl (C=S) groups is 1. The zero-order valence-electron chi connectivity index (χ0n) is 19.3. The van der Waals surface area contributed by atoms with E-state index in [4.69, 9.17) is 26.1 Å². The Balaban J connectivity index is 1.49. The third kappa shape index (κ3) is 4.22. The molecule has 8 heteroatoms. The maximum absolute atomic E-state index is 12.8. The first-order valence-corrected chi connectivity index (χ1v) is 12.1. The van der Waals surface area contributed by atoms with Crippen molar-refractivity contribution in [1.82, 2.24) is 0 Å². The van der Waals surface area contributed by atoms with Crippen LogP contribution >= 0.6 is 23.6 Å². The van der Waals surface area contributed by atoms with Gasteiger partial charge in [0.25, 0.3) is 0 Å². The summed E-state index contributed by atoms with van der Waals surface area (Å²) in [5.74, 6) is 0.188. The molecule has 5 aromatic rings. The van der Waals surface area contributed by atoms with E-state index >= 15 is 0 Å². The molecule has 0 saturated carbocycles. The van der Waals surface area contributed by atoms with Crippen LogP contribution in [-0.2, 0) is 4.74 Å². The Morgan fingerprint density at radius 3 is 2.43 bits per heavy atom. The van der Waals surface area contributed by atoms with Gasteiger partial charge in [0.05, 0.1) is 19.9 Å². The Bertz CT molecular complexity index is 1570. The summed E-state index contributed by atoms with van der Waals surface area (Å²) in [6.07, 6.45) is 0. The van der Waals surface area contributed by atoms with E-state index in [-0.39, 0.29) is 0 Å². The number of esters is 1. The summed E-state index contributed by atoms with van der Waals surface area (Å²) < 4.78 is 16.7. The van der Waals surface area contributed by atoms with Crippen LogP contribution in [0.15, 0.2) is 71.1 Å². The number of furan rings is 1. The number of rotatable bonds is 5. The highest BCUT2D eigenvalue weighted by Crippen LogP contribution is 2.41. The van der Waals surface area contributed by atoms with Gasteiger partial charge in [-0.15, -0.1) is 11.3 Å². The fourth-order valence-corrected chi connectivity index (χ4v) is 5.50. The molecule has 0 bridgehead atoms. The number of carbonyl (C=O) groups is 1. The van der Waals surface area contributed by atoms with E-state index < -0.39 is 5.97 Å². The van der Waals surface area contributed by atoms with Crippen molar-refractivity contribution in [2.24, 2.45) is 0 Å². The van der Waals surface area contributed by atoms with Crippen molar-refractivity contribution in [3.8, 4) is 16.9 Å². The number of benzene rings is 3. The molecular formula is C27H22N2O4S2. The second-order valence-corrected chi connectivity index (χ2v) is 9.45. The average Bonchev–Trinajstić information content (AvgIpc) is 3.39. The number of aryl methyl sites for hydroxylation is 1. The van der Waals surface area contributed by atoms with E-state index in [1.807, 2.05) is 73.7 Å². The van der Waals surface area contributed by atoms with E-state index in [0.717, 1.165) is 32.4 Å². The van der Waals surface area contributed by atoms with Gasteiger partial charge in [0.2, 0.25) is 0 Å². The molecule has 0 spiro atoms. The van der Waals surface area contributed by atoms with Gasteiger partial charge in [0.15, 0.2) is 5.11 Å². The molecule has 2 N–H and O–H groups in total. The quantitative estimate of drug-likeness (QED) is 0.194. The summed E-state index contributed by atoms with van der Waals surface area (Å²) >= 11 is 7.06. The van der Waals surface area contributed by atoms with E-state index in [1.54, 1.807) is 7.11 Å². The minimum atomic E-state index is -0.431. The third-order valence-corrected chi connectivity index (χ3v) is 6.94. The third-order valence-electron chi connectivity index (χ3n) is 5.71. The molecule has 0 fully saturated rings. The lowest BCUT2D eigenvalue weighted by atomic mass is 10.0. The summed E-state index contributed by atoms with van der Waals surface area (Å²) in [6, 6.07) is 21.4. The number of fused-ring (bicyclic) bond motifs is 3.